The molecule has 3 aromatic rings. The van der Waals surface area contributed by atoms with Crippen LogP contribution in [0.1, 0.15) is 37.9 Å². The van der Waals surface area contributed by atoms with Gasteiger partial charge >= 0.3 is 5.97 Å². The predicted molar refractivity (Wildman–Crippen MR) is 139 cm³/mol. The molecule has 0 aliphatic carbocycles. The third-order valence-corrected chi connectivity index (χ3v) is 7.78. The minimum Gasteiger partial charge on any atom is -0.422 e. The number of carbonyl (C=O) groups is 1. The van der Waals surface area contributed by atoms with E-state index in [9.17, 15) is 18.9 Å². The number of benzene rings is 2. The molecule has 3 atom stereocenters. The first-order valence-corrected chi connectivity index (χ1v) is 12.7. The van der Waals surface area contributed by atoms with Gasteiger partial charge in [0.05, 0.1) is 17.5 Å². The average Bonchev–Trinajstić information content (AvgIpc) is 2.85. The van der Waals surface area contributed by atoms with E-state index >= 15 is 0 Å². The summed E-state index contributed by atoms with van der Waals surface area (Å²) in [5, 5.41) is 8.17. The number of aryl methyl sites for hydroxylation is 1. The highest BCUT2D eigenvalue weighted by atomic mass is 31.1. The summed E-state index contributed by atoms with van der Waals surface area (Å²) in [7, 11) is -2.10. The Hall–Kier alpha value is -3.30. The van der Waals surface area contributed by atoms with Crippen LogP contribution in [0.4, 0.5) is 4.39 Å². The van der Waals surface area contributed by atoms with Crippen LogP contribution in [-0.4, -0.2) is 34.4 Å². The Morgan fingerprint density at radius 3 is 2.31 bits per heavy atom. The summed E-state index contributed by atoms with van der Waals surface area (Å²) < 4.78 is 37.2. The monoisotopic (exact) mass is 509 g/mol. The van der Waals surface area contributed by atoms with Crippen molar-refractivity contribution < 1.29 is 28.1 Å². The molecule has 0 amide bonds. The maximum absolute atomic E-state index is 13.7. The van der Waals surface area contributed by atoms with Gasteiger partial charge in [-0.2, -0.15) is 0 Å². The van der Waals surface area contributed by atoms with Crippen molar-refractivity contribution in [2.75, 3.05) is 7.11 Å². The molecule has 1 heterocycles. The van der Waals surface area contributed by atoms with Gasteiger partial charge in [0.15, 0.2) is 5.75 Å². The molecule has 0 spiro atoms. The van der Waals surface area contributed by atoms with Gasteiger partial charge in [-0.25, -0.2) is 14.2 Å². The number of aliphatic hydroxyl groups is 1. The van der Waals surface area contributed by atoms with Crippen LogP contribution in [0.3, 0.4) is 0 Å². The molecule has 8 heteroatoms. The number of terminal acetylenes is 1. The number of hydrogen-bond donors (Lipinski definition) is 1. The lowest BCUT2D eigenvalue weighted by molar-refractivity contribution is -0.138. The summed E-state index contributed by atoms with van der Waals surface area (Å²) in [5.41, 5.74) is 3.99. The van der Waals surface area contributed by atoms with E-state index in [2.05, 4.69) is 5.92 Å². The number of nitrogens with zero attached hydrogens (tertiary/aromatic N) is 1. The number of aliphatic hydroxyl groups excluding tert-OH is 1. The van der Waals surface area contributed by atoms with E-state index in [1.165, 1.54) is 19.1 Å². The Morgan fingerprint density at radius 2 is 1.78 bits per heavy atom. The number of hydrogen-bond acceptors (Lipinski definition) is 6. The smallest absolute Gasteiger partial charge is 0.342 e. The van der Waals surface area contributed by atoms with Crippen molar-refractivity contribution in [3.05, 3.63) is 71.7 Å². The van der Waals surface area contributed by atoms with E-state index in [4.69, 9.17) is 20.7 Å². The molecule has 3 unspecified atom stereocenters. The number of rotatable bonds is 8. The molecule has 0 aliphatic rings. The fourth-order valence-corrected chi connectivity index (χ4v) is 4.89. The molecule has 0 radical (unpaired) electrons. The van der Waals surface area contributed by atoms with Crippen LogP contribution in [-0.2, 0) is 13.9 Å². The molecule has 1 N–H and O–H groups in total. The summed E-state index contributed by atoms with van der Waals surface area (Å²) >= 11 is 0. The lowest BCUT2D eigenvalue weighted by Crippen LogP contribution is -2.46. The Bertz CT molecular complexity index is 1330. The molecule has 6 nitrogen and oxygen atoms in total. The summed E-state index contributed by atoms with van der Waals surface area (Å²) in [5.74, 6) is 0.522. The minimum absolute atomic E-state index is 0.0881. The van der Waals surface area contributed by atoms with Gasteiger partial charge in [-0.3, -0.25) is 4.57 Å². The van der Waals surface area contributed by atoms with Crippen molar-refractivity contribution in [1.82, 2.24) is 4.98 Å². The maximum Gasteiger partial charge on any atom is 0.342 e. The van der Waals surface area contributed by atoms with Crippen LogP contribution in [0, 0.1) is 25.1 Å². The number of carbonyl (C=O) groups excluding carboxylic acids is 1. The summed E-state index contributed by atoms with van der Waals surface area (Å²) in [4.78, 5) is 18.3. The van der Waals surface area contributed by atoms with E-state index in [1.54, 1.807) is 18.2 Å². The van der Waals surface area contributed by atoms with Crippen molar-refractivity contribution in [3.8, 4) is 40.5 Å². The first kappa shape index (κ1) is 27.3. The van der Waals surface area contributed by atoms with Gasteiger partial charge in [0, 0.05) is 18.2 Å². The summed E-state index contributed by atoms with van der Waals surface area (Å²) in [6.07, 6.45) is 4.08. The van der Waals surface area contributed by atoms with Crippen LogP contribution in [0.5, 0.6) is 5.75 Å². The lowest BCUT2D eigenvalue weighted by atomic mass is 9.96. The van der Waals surface area contributed by atoms with Crippen molar-refractivity contribution >= 4 is 14.0 Å². The minimum atomic E-state index is -3.25. The second-order valence-electron chi connectivity index (χ2n) is 8.76. The lowest BCUT2D eigenvalue weighted by Gasteiger charge is -2.28. The normalized spacial score (nSPS) is 14.5. The zero-order chi connectivity index (χ0) is 26.6. The SMILES string of the molecule is C#CC(C(=O)Oc1c(-c2ccc(F)cc2)cc(-c2ccccc2C)nc1C(C)C)(C(C)O)[PH](=O)OC. The highest BCUT2D eigenvalue weighted by Gasteiger charge is 2.50. The summed E-state index contributed by atoms with van der Waals surface area (Å²) in [6, 6.07) is 15.2. The van der Waals surface area contributed by atoms with Gasteiger partial charge in [-0.1, -0.05) is 56.2 Å². The molecule has 0 saturated carbocycles. The number of ether oxygens (including phenoxy) is 1. The third-order valence-electron chi connectivity index (χ3n) is 6.00. The molecule has 0 bridgehead atoms. The molecule has 1 aromatic heterocycles. The average molecular weight is 510 g/mol. The molecule has 188 valence electrons. The Balaban J connectivity index is 2.31. The van der Waals surface area contributed by atoms with Gasteiger partial charge in [-0.15, -0.1) is 6.42 Å². The topological polar surface area (TPSA) is 85.7 Å². The molecular weight excluding hydrogens is 480 g/mol. The first-order chi connectivity index (χ1) is 17.1. The first-order valence-electron chi connectivity index (χ1n) is 11.4. The Morgan fingerprint density at radius 1 is 1.14 bits per heavy atom. The van der Waals surface area contributed by atoms with E-state index in [1.807, 2.05) is 45.0 Å². The Labute approximate surface area is 211 Å². The fourth-order valence-electron chi connectivity index (χ4n) is 3.89. The van der Waals surface area contributed by atoms with E-state index in [0.717, 1.165) is 18.2 Å². The maximum atomic E-state index is 13.7. The summed E-state index contributed by atoms with van der Waals surface area (Å²) in [6.45, 7) is 6.99. The molecule has 36 heavy (non-hydrogen) atoms. The van der Waals surface area contributed by atoms with Gasteiger partial charge in [0.2, 0.25) is 13.2 Å². The van der Waals surface area contributed by atoms with Gasteiger partial charge in [0.1, 0.15) is 5.82 Å². The molecular formula is C28H29FNO5P. The zero-order valence-corrected chi connectivity index (χ0v) is 21.8. The van der Waals surface area contributed by atoms with Gasteiger partial charge in [-0.05, 0) is 49.1 Å². The largest absolute Gasteiger partial charge is 0.422 e. The van der Waals surface area contributed by atoms with E-state index in [-0.39, 0.29) is 11.7 Å². The predicted octanol–water partition coefficient (Wildman–Crippen LogP) is 5.77. The quantitative estimate of drug-likeness (QED) is 0.236. The number of halogens is 1. The highest BCUT2D eigenvalue weighted by Crippen LogP contribution is 2.45. The molecule has 0 fully saturated rings. The molecule has 2 aromatic carbocycles. The van der Waals surface area contributed by atoms with Crippen LogP contribution in [0.2, 0.25) is 0 Å². The number of aromatic nitrogens is 1. The van der Waals surface area contributed by atoms with Crippen LogP contribution >= 0.6 is 8.03 Å². The van der Waals surface area contributed by atoms with Gasteiger partial charge in [0.25, 0.3) is 0 Å². The van der Waals surface area contributed by atoms with Crippen molar-refractivity contribution in [2.24, 2.45) is 0 Å². The number of pyridine rings is 1. The molecule has 3 rings (SSSR count). The zero-order valence-electron chi connectivity index (χ0n) is 20.8. The van der Waals surface area contributed by atoms with Crippen molar-refractivity contribution in [2.45, 2.75) is 44.9 Å². The van der Waals surface area contributed by atoms with Crippen molar-refractivity contribution in [1.29, 1.82) is 0 Å². The van der Waals surface area contributed by atoms with E-state index in [0.29, 0.717) is 22.5 Å². The number of esters is 1. The van der Waals surface area contributed by atoms with Crippen LogP contribution < -0.4 is 4.74 Å². The standard InChI is InChI=1S/C28H29FNO5P/c1-7-28(19(5)31,36(33)34-6)27(32)35-26-23(20-12-14-21(29)15-13-20)16-24(30-25(26)17(2)3)22-11-9-8-10-18(22)4/h1,8-17,19,31,36H,2-6H3. The third kappa shape index (κ3) is 5.12. The second kappa shape index (κ2) is 11.2. The molecule has 0 aliphatic heterocycles. The molecule has 0 saturated heterocycles. The Kier molecular flexibility index (Phi) is 8.47. The highest BCUT2D eigenvalue weighted by molar-refractivity contribution is 7.43. The van der Waals surface area contributed by atoms with E-state index < -0.39 is 31.1 Å². The van der Waals surface area contributed by atoms with Crippen LogP contribution in [0.25, 0.3) is 22.4 Å². The van der Waals surface area contributed by atoms with Crippen LogP contribution in [0.15, 0.2) is 54.6 Å². The second-order valence-corrected chi connectivity index (χ2v) is 10.5. The fraction of sp³-hybridized carbons (Fsp3) is 0.286. The van der Waals surface area contributed by atoms with Gasteiger partial charge < -0.3 is 14.4 Å². The van der Waals surface area contributed by atoms with Crippen molar-refractivity contribution in [3.63, 3.8) is 0 Å².